The molecular formula is C83H146O17P2. The van der Waals surface area contributed by atoms with Crippen LogP contribution in [0.25, 0.3) is 0 Å². The number of rotatable bonds is 76. The van der Waals surface area contributed by atoms with E-state index >= 15 is 0 Å². The molecule has 0 fully saturated rings. The van der Waals surface area contributed by atoms with Gasteiger partial charge in [-0.25, -0.2) is 9.13 Å². The van der Waals surface area contributed by atoms with Crippen LogP contribution in [0.3, 0.4) is 0 Å². The number of carbonyl (C=O) groups excluding carboxylic acids is 4. The van der Waals surface area contributed by atoms with Crippen LogP contribution in [-0.2, 0) is 65.4 Å². The van der Waals surface area contributed by atoms with Gasteiger partial charge in [-0.2, -0.15) is 0 Å². The van der Waals surface area contributed by atoms with Gasteiger partial charge in [-0.3, -0.25) is 37.3 Å². The van der Waals surface area contributed by atoms with Gasteiger partial charge in [0.15, 0.2) is 12.2 Å². The van der Waals surface area contributed by atoms with E-state index in [1.54, 1.807) is 0 Å². The number of phosphoric ester groups is 2. The summed E-state index contributed by atoms with van der Waals surface area (Å²) in [7, 11) is -9.95. The first-order valence-electron chi connectivity index (χ1n) is 40.5. The standard InChI is InChI=1S/C83H146O17P2/c1-5-9-13-17-21-25-29-32-34-36-38-40-42-45-49-52-56-60-64-68-81(86)94-74-79(100-83(88)70-66-62-58-54-50-46-43-41-39-37-35-33-30-26-22-18-14-10-6-2)76-98-102(91,92)96-72-77(84)71-95-101(89,90)97-75-78(99-82(87)69-65-61-57-53-47-28-24-20-16-12-8-4)73-93-80(85)67-63-59-55-51-48-44-31-27-23-19-15-11-7-3/h9-10,13-14,21-22,25-26,32-35,38-41,77-79,84H,5-8,11-12,15-20,23-24,27-31,36-37,42-76H2,1-4H3,(H,89,90)(H,91,92)/b13-9-,14-10-,25-21-,26-22-,34-32-,35-33-,40-38-,41-39-. The minimum absolute atomic E-state index is 0.0754. The molecule has 0 radical (unpaired) electrons. The summed E-state index contributed by atoms with van der Waals surface area (Å²) in [5.74, 6) is -2.18. The quantitative estimate of drug-likeness (QED) is 0.0169. The maximum atomic E-state index is 13.1. The highest BCUT2D eigenvalue weighted by Crippen LogP contribution is 2.45. The first-order valence-corrected chi connectivity index (χ1v) is 43.5. The third kappa shape index (κ3) is 74.3. The zero-order valence-electron chi connectivity index (χ0n) is 64.5. The van der Waals surface area contributed by atoms with E-state index in [2.05, 4.69) is 125 Å². The Bertz CT molecular complexity index is 2310. The van der Waals surface area contributed by atoms with E-state index in [0.717, 1.165) is 173 Å². The molecule has 5 unspecified atom stereocenters. The number of esters is 4. The Labute approximate surface area is 620 Å². The first kappa shape index (κ1) is 98.0. The second kappa shape index (κ2) is 75.2. The maximum absolute atomic E-state index is 13.1. The molecule has 0 aliphatic rings. The van der Waals surface area contributed by atoms with Crippen molar-refractivity contribution < 1.29 is 80.2 Å². The van der Waals surface area contributed by atoms with Crippen molar-refractivity contribution in [2.75, 3.05) is 39.6 Å². The third-order valence-electron chi connectivity index (χ3n) is 17.1. The summed E-state index contributed by atoms with van der Waals surface area (Å²) in [5.41, 5.74) is 0. The van der Waals surface area contributed by atoms with Crippen LogP contribution < -0.4 is 0 Å². The predicted octanol–water partition coefficient (Wildman–Crippen LogP) is 23.6. The summed E-state index contributed by atoms with van der Waals surface area (Å²) < 4.78 is 68.6. The SMILES string of the molecule is CC/C=C\C/C=C\C/C=C\C/C=C\CCCCCCCCC(=O)OCC(COP(=O)(O)OCC(O)COP(=O)(O)OCC(COC(=O)CCCCCCCCCCCCCCC)OC(=O)CCCCCCCCCCCCC)OC(=O)CCCCCCCC/C=C\C/C=C\C/C=C\C/C=C\CC. The van der Waals surface area contributed by atoms with Gasteiger partial charge in [0, 0.05) is 25.7 Å². The highest BCUT2D eigenvalue weighted by molar-refractivity contribution is 7.47. The number of hydrogen-bond donors (Lipinski definition) is 3. The molecule has 17 nitrogen and oxygen atoms in total. The van der Waals surface area contributed by atoms with Crippen LogP contribution in [0, 0.1) is 0 Å². The van der Waals surface area contributed by atoms with Crippen molar-refractivity contribution in [3.8, 4) is 0 Å². The molecule has 0 aromatic heterocycles. The fraction of sp³-hybridized carbons (Fsp3) is 0.759. The molecule has 19 heteroatoms. The molecule has 0 bridgehead atoms. The van der Waals surface area contributed by atoms with Crippen LogP contribution in [0.4, 0.5) is 0 Å². The minimum atomic E-state index is -4.98. The van der Waals surface area contributed by atoms with Crippen LogP contribution in [0.5, 0.6) is 0 Å². The van der Waals surface area contributed by atoms with Crippen molar-refractivity contribution >= 4 is 39.5 Å². The van der Waals surface area contributed by atoms with Crippen LogP contribution in [0.1, 0.15) is 349 Å². The van der Waals surface area contributed by atoms with Gasteiger partial charge in [0.1, 0.15) is 19.3 Å². The molecule has 0 aliphatic heterocycles. The number of aliphatic hydroxyl groups excluding tert-OH is 1. The van der Waals surface area contributed by atoms with E-state index < -0.39 is 97.5 Å². The molecule has 5 atom stereocenters. The molecule has 0 heterocycles. The number of aliphatic hydroxyl groups is 1. The van der Waals surface area contributed by atoms with Crippen molar-refractivity contribution in [3.63, 3.8) is 0 Å². The topological polar surface area (TPSA) is 237 Å². The maximum Gasteiger partial charge on any atom is 0.472 e. The smallest absolute Gasteiger partial charge is 0.462 e. The summed E-state index contributed by atoms with van der Waals surface area (Å²) in [5, 5.41) is 10.6. The molecule has 3 N–H and O–H groups in total. The van der Waals surface area contributed by atoms with Crippen LogP contribution in [0.15, 0.2) is 97.2 Å². The lowest BCUT2D eigenvalue weighted by Crippen LogP contribution is -2.30. The Balaban J connectivity index is 5.34. The van der Waals surface area contributed by atoms with E-state index in [0.29, 0.717) is 25.7 Å². The second-order valence-electron chi connectivity index (χ2n) is 27.0. The van der Waals surface area contributed by atoms with Crippen molar-refractivity contribution in [1.82, 2.24) is 0 Å². The third-order valence-corrected chi connectivity index (χ3v) is 19.0. The van der Waals surface area contributed by atoms with Gasteiger partial charge >= 0.3 is 39.5 Å². The van der Waals surface area contributed by atoms with Crippen molar-refractivity contribution in [2.24, 2.45) is 0 Å². The fourth-order valence-corrected chi connectivity index (χ4v) is 12.5. The average Bonchev–Trinajstić information content (AvgIpc) is 0.940. The highest BCUT2D eigenvalue weighted by atomic mass is 31.2. The summed E-state index contributed by atoms with van der Waals surface area (Å²) in [6.07, 6.45) is 79.5. The lowest BCUT2D eigenvalue weighted by Gasteiger charge is -2.21. The molecular weight excluding hydrogens is 1330 g/mol. The van der Waals surface area contributed by atoms with Crippen molar-refractivity contribution in [3.05, 3.63) is 97.2 Å². The lowest BCUT2D eigenvalue weighted by atomic mass is 10.0. The normalized spacial score (nSPS) is 14.4. The molecule has 0 spiro atoms. The second-order valence-corrected chi connectivity index (χ2v) is 29.9. The molecule has 0 aromatic rings. The Morgan fingerprint density at radius 2 is 0.510 bits per heavy atom. The van der Waals surface area contributed by atoms with Gasteiger partial charge in [0.25, 0.3) is 0 Å². The van der Waals surface area contributed by atoms with Gasteiger partial charge in [-0.15, -0.1) is 0 Å². The minimum Gasteiger partial charge on any atom is -0.462 e. The molecule has 102 heavy (non-hydrogen) atoms. The van der Waals surface area contributed by atoms with Gasteiger partial charge < -0.3 is 33.8 Å². The zero-order valence-corrected chi connectivity index (χ0v) is 66.3. The highest BCUT2D eigenvalue weighted by Gasteiger charge is 2.30. The Hall–Kier alpha value is -4.02. The van der Waals surface area contributed by atoms with Crippen LogP contribution in [0.2, 0.25) is 0 Å². The van der Waals surface area contributed by atoms with E-state index in [4.69, 9.17) is 37.0 Å². The Kier molecular flexibility index (Phi) is 72.3. The number of ether oxygens (including phenoxy) is 4. The molecule has 0 saturated heterocycles. The first-order chi connectivity index (χ1) is 49.7. The molecule has 0 aliphatic carbocycles. The van der Waals surface area contributed by atoms with Crippen LogP contribution in [-0.4, -0.2) is 96.7 Å². The molecule has 0 aromatic carbocycles. The van der Waals surface area contributed by atoms with Gasteiger partial charge in [-0.1, -0.05) is 318 Å². The summed E-state index contributed by atoms with van der Waals surface area (Å²) in [6.45, 7) is 4.66. The van der Waals surface area contributed by atoms with E-state index in [-0.39, 0.29) is 25.7 Å². The number of hydrogen-bond acceptors (Lipinski definition) is 15. The summed E-state index contributed by atoms with van der Waals surface area (Å²) in [4.78, 5) is 73.0. The predicted molar refractivity (Wildman–Crippen MR) is 418 cm³/mol. The monoisotopic (exact) mass is 1480 g/mol. The van der Waals surface area contributed by atoms with Gasteiger partial charge in [0.2, 0.25) is 0 Å². The number of carbonyl (C=O) groups is 4. The Morgan fingerprint density at radius 1 is 0.284 bits per heavy atom. The number of unbranched alkanes of at least 4 members (excludes halogenated alkanes) is 34. The van der Waals surface area contributed by atoms with Gasteiger partial charge in [0.05, 0.1) is 26.4 Å². The van der Waals surface area contributed by atoms with Crippen molar-refractivity contribution in [2.45, 2.75) is 367 Å². The average molecular weight is 1480 g/mol. The van der Waals surface area contributed by atoms with E-state index in [9.17, 15) is 43.2 Å². The molecule has 0 rings (SSSR count). The zero-order chi connectivity index (χ0) is 74.6. The number of allylic oxidation sites excluding steroid dienone is 16. The fourth-order valence-electron chi connectivity index (χ4n) is 11.0. The Morgan fingerprint density at radius 3 is 0.784 bits per heavy atom. The van der Waals surface area contributed by atoms with E-state index in [1.807, 2.05) is 0 Å². The lowest BCUT2D eigenvalue weighted by molar-refractivity contribution is -0.161. The largest absolute Gasteiger partial charge is 0.472 e. The van der Waals surface area contributed by atoms with Crippen LogP contribution >= 0.6 is 15.6 Å². The molecule has 0 saturated carbocycles. The molecule has 590 valence electrons. The summed E-state index contributed by atoms with van der Waals surface area (Å²) in [6, 6.07) is 0. The summed E-state index contributed by atoms with van der Waals surface area (Å²) >= 11 is 0. The van der Waals surface area contributed by atoms with E-state index in [1.165, 1.54) is 96.3 Å². The molecule has 0 amide bonds. The number of phosphoric acid groups is 2. The van der Waals surface area contributed by atoms with Gasteiger partial charge in [-0.05, 0) is 103 Å². The van der Waals surface area contributed by atoms with Crippen molar-refractivity contribution in [1.29, 1.82) is 0 Å².